The van der Waals surface area contributed by atoms with Crippen molar-refractivity contribution in [3.63, 3.8) is 0 Å². The molecule has 28 heavy (non-hydrogen) atoms. The Bertz CT molecular complexity index is 997. The van der Waals surface area contributed by atoms with Gasteiger partial charge >= 0.3 is 0 Å². The molecule has 0 radical (unpaired) electrons. The van der Waals surface area contributed by atoms with Crippen LogP contribution in [-0.4, -0.2) is 30.3 Å². The number of hydrogen-bond donors (Lipinski definition) is 2. The van der Waals surface area contributed by atoms with Gasteiger partial charge in [0.2, 0.25) is 0 Å². The molecule has 3 aromatic rings. The standard InChI is InChI=1S/C19H16F2N4O3/c1-27-16-7-4-12(10-17(16)28-2)22-18-8-6-15(24-25-18)19(26)23-14-5-3-11(20)9-13(14)21/h3-10H,1-2H3,(H,22,25)(H,23,26). The molecule has 0 fully saturated rings. The Morgan fingerprint density at radius 2 is 1.71 bits per heavy atom. The Morgan fingerprint density at radius 3 is 2.36 bits per heavy atom. The predicted molar refractivity (Wildman–Crippen MR) is 99.2 cm³/mol. The maximum absolute atomic E-state index is 13.6. The van der Waals surface area contributed by atoms with E-state index in [1.54, 1.807) is 24.3 Å². The van der Waals surface area contributed by atoms with Crippen LogP contribution < -0.4 is 20.1 Å². The molecular formula is C19H16F2N4O3. The molecule has 0 atom stereocenters. The highest BCUT2D eigenvalue weighted by Crippen LogP contribution is 2.30. The Labute approximate surface area is 159 Å². The Balaban J connectivity index is 1.70. The number of nitrogens with zero attached hydrogens (tertiary/aromatic N) is 2. The van der Waals surface area contributed by atoms with Crippen LogP contribution in [-0.2, 0) is 0 Å². The second-order valence-corrected chi connectivity index (χ2v) is 5.58. The first-order valence-corrected chi connectivity index (χ1v) is 8.09. The average Bonchev–Trinajstić information content (AvgIpc) is 2.70. The van der Waals surface area contributed by atoms with Crippen LogP contribution in [0.15, 0.2) is 48.5 Å². The summed E-state index contributed by atoms with van der Waals surface area (Å²) < 4.78 is 37.0. The number of benzene rings is 2. The Kier molecular flexibility index (Phi) is 5.64. The van der Waals surface area contributed by atoms with Crippen LogP contribution in [0.5, 0.6) is 11.5 Å². The van der Waals surface area contributed by atoms with Crippen LogP contribution in [0, 0.1) is 11.6 Å². The number of carbonyl (C=O) groups is 1. The molecule has 7 nitrogen and oxygen atoms in total. The first-order chi connectivity index (χ1) is 13.5. The highest BCUT2D eigenvalue weighted by Gasteiger charge is 2.12. The molecule has 0 bridgehead atoms. The normalized spacial score (nSPS) is 10.3. The fourth-order valence-corrected chi connectivity index (χ4v) is 2.36. The summed E-state index contributed by atoms with van der Waals surface area (Å²) in [6.45, 7) is 0. The molecule has 144 valence electrons. The molecule has 0 saturated carbocycles. The first kappa shape index (κ1) is 19.0. The van der Waals surface area contributed by atoms with Crippen molar-refractivity contribution < 1.29 is 23.0 Å². The summed E-state index contributed by atoms with van der Waals surface area (Å²) in [7, 11) is 3.07. The number of anilines is 3. The summed E-state index contributed by atoms with van der Waals surface area (Å²) in [6, 6.07) is 11.0. The third-order valence-corrected chi connectivity index (χ3v) is 3.73. The summed E-state index contributed by atoms with van der Waals surface area (Å²) in [5.41, 5.74) is 0.500. The van der Waals surface area contributed by atoms with Gasteiger partial charge in [0, 0.05) is 17.8 Å². The number of halogens is 2. The maximum Gasteiger partial charge on any atom is 0.276 e. The van der Waals surface area contributed by atoms with Crippen LogP contribution in [0.25, 0.3) is 0 Å². The number of rotatable bonds is 6. The Hall–Kier alpha value is -3.75. The van der Waals surface area contributed by atoms with Gasteiger partial charge < -0.3 is 20.1 Å². The average molecular weight is 386 g/mol. The number of hydrogen-bond acceptors (Lipinski definition) is 6. The van der Waals surface area contributed by atoms with Gasteiger partial charge in [0.15, 0.2) is 23.0 Å². The lowest BCUT2D eigenvalue weighted by molar-refractivity contribution is 0.102. The van der Waals surface area contributed by atoms with Crippen molar-refractivity contribution in [2.45, 2.75) is 0 Å². The van der Waals surface area contributed by atoms with E-state index < -0.39 is 17.5 Å². The summed E-state index contributed by atoms with van der Waals surface area (Å²) in [6.07, 6.45) is 0. The molecule has 0 saturated heterocycles. The van der Waals surface area contributed by atoms with Crippen molar-refractivity contribution in [1.29, 1.82) is 0 Å². The van der Waals surface area contributed by atoms with Crippen molar-refractivity contribution in [2.75, 3.05) is 24.9 Å². The topological polar surface area (TPSA) is 85.4 Å². The molecule has 0 unspecified atom stereocenters. The van der Waals surface area contributed by atoms with E-state index in [1.165, 1.54) is 20.3 Å². The van der Waals surface area contributed by atoms with Gasteiger partial charge in [0.25, 0.3) is 5.91 Å². The highest BCUT2D eigenvalue weighted by molar-refractivity contribution is 6.02. The minimum absolute atomic E-state index is 0.0263. The largest absolute Gasteiger partial charge is 0.493 e. The SMILES string of the molecule is COc1ccc(Nc2ccc(C(=O)Nc3ccc(F)cc3F)nn2)cc1OC. The molecule has 0 aliphatic carbocycles. The number of aromatic nitrogens is 2. The van der Waals surface area contributed by atoms with E-state index in [0.717, 1.165) is 12.1 Å². The van der Waals surface area contributed by atoms with Crippen molar-refractivity contribution >= 4 is 23.1 Å². The van der Waals surface area contributed by atoms with Crippen molar-refractivity contribution in [3.8, 4) is 11.5 Å². The van der Waals surface area contributed by atoms with Gasteiger partial charge in [0.1, 0.15) is 11.6 Å². The van der Waals surface area contributed by atoms with Crippen LogP contribution >= 0.6 is 0 Å². The van der Waals surface area contributed by atoms with Crippen LogP contribution in [0.4, 0.5) is 26.0 Å². The van der Waals surface area contributed by atoms with Gasteiger partial charge in [-0.05, 0) is 36.4 Å². The number of methoxy groups -OCH3 is 2. The summed E-state index contributed by atoms with van der Waals surface area (Å²) in [5, 5.41) is 13.1. The smallest absolute Gasteiger partial charge is 0.276 e. The number of ether oxygens (including phenoxy) is 2. The second kappa shape index (κ2) is 8.30. The molecule has 1 aromatic heterocycles. The van der Waals surface area contributed by atoms with Crippen molar-refractivity contribution in [3.05, 3.63) is 65.9 Å². The lowest BCUT2D eigenvalue weighted by Gasteiger charge is -2.11. The molecular weight excluding hydrogens is 370 g/mol. The fraction of sp³-hybridized carbons (Fsp3) is 0.105. The minimum Gasteiger partial charge on any atom is -0.493 e. The molecule has 1 amide bonds. The summed E-state index contributed by atoms with van der Waals surface area (Å²) in [4.78, 5) is 12.2. The zero-order valence-corrected chi connectivity index (χ0v) is 15.0. The van der Waals surface area contributed by atoms with Crippen molar-refractivity contribution in [2.24, 2.45) is 0 Å². The van der Waals surface area contributed by atoms with E-state index in [0.29, 0.717) is 29.1 Å². The third-order valence-electron chi connectivity index (χ3n) is 3.73. The van der Waals surface area contributed by atoms with E-state index >= 15 is 0 Å². The number of nitrogens with one attached hydrogen (secondary N) is 2. The lowest BCUT2D eigenvalue weighted by Crippen LogP contribution is -2.15. The van der Waals surface area contributed by atoms with E-state index in [2.05, 4.69) is 20.8 Å². The highest BCUT2D eigenvalue weighted by atomic mass is 19.1. The molecule has 0 aliphatic rings. The quantitative estimate of drug-likeness (QED) is 0.671. The van der Waals surface area contributed by atoms with Gasteiger partial charge in [-0.25, -0.2) is 8.78 Å². The minimum atomic E-state index is -0.881. The lowest BCUT2D eigenvalue weighted by atomic mass is 10.2. The zero-order chi connectivity index (χ0) is 20.1. The van der Waals surface area contributed by atoms with E-state index in [1.807, 2.05) is 0 Å². The van der Waals surface area contributed by atoms with Gasteiger partial charge in [-0.15, -0.1) is 10.2 Å². The van der Waals surface area contributed by atoms with Gasteiger partial charge in [-0.2, -0.15) is 0 Å². The first-order valence-electron chi connectivity index (χ1n) is 8.09. The van der Waals surface area contributed by atoms with Crippen LogP contribution in [0.1, 0.15) is 10.5 Å². The van der Waals surface area contributed by atoms with Gasteiger partial charge in [0.05, 0.1) is 19.9 Å². The molecule has 2 aromatic carbocycles. The van der Waals surface area contributed by atoms with Crippen LogP contribution in [0.3, 0.4) is 0 Å². The number of amides is 1. The van der Waals surface area contributed by atoms with E-state index in [4.69, 9.17) is 9.47 Å². The third kappa shape index (κ3) is 4.32. The molecule has 2 N–H and O–H groups in total. The zero-order valence-electron chi connectivity index (χ0n) is 15.0. The molecule has 3 rings (SSSR count). The Morgan fingerprint density at radius 1 is 0.929 bits per heavy atom. The van der Waals surface area contributed by atoms with Crippen molar-refractivity contribution in [1.82, 2.24) is 10.2 Å². The predicted octanol–water partition coefficient (Wildman–Crippen LogP) is 3.77. The molecule has 9 heteroatoms. The summed E-state index contributed by atoms with van der Waals surface area (Å²) >= 11 is 0. The van der Waals surface area contributed by atoms with E-state index in [-0.39, 0.29) is 11.4 Å². The fourth-order valence-electron chi connectivity index (χ4n) is 2.36. The molecule has 0 spiro atoms. The summed E-state index contributed by atoms with van der Waals surface area (Å²) in [5.74, 6) is -0.779. The molecule has 0 aliphatic heterocycles. The van der Waals surface area contributed by atoms with Crippen LogP contribution in [0.2, 0.25) is 0 Å². The monoisotopic (exact) mass is 386 g/mol. The van der Waals surface area contributed by atoms with E-state index in [9.17, 15) is 13.6 Å². The second-order valence-electron chi connectivity index (χ2n) is 5.58. The molecule has 1 heterocycles. The van der Waals surface area contributed by atoms with Gasteiger partial charge in [-0.1, -0.05) is 0 Å². The maximum atomic E-state index is 13.6. The van der Waals surface area contributed by atoms with Gasteiger partial charge in [-0.3, -0.25) is 4.79 Å². The number of carbonyl (C=O) groups excluding carboxylic acids is 1.